The first-order valence-corrected chi connectivity index (χ1v) is 6.07. The predicted molar refractivity (Wildman–Crippen MR) is 66.6 cm³/mol. The van der Waals surface area contributed by atoms with E-state index in [0.717, 1.165) is 29.9 Å². The van der Waals surface area contributed by atoms with E-state index < -0.39 is 0 Å². The normalized spacial score (nSPS) is 16.6. The largest absolute Gasteiger partial charge is 0.370 e. The molecular formula is C14H18N2. The van der Waals surface area contributed by atoms with Gasteiger partial charge in [-0.2, -0.15) is 5.26 Å². The van der Waals surface area contributed by atoms with Gasteiger partial charge >= 0.3 is 0 Å². The fourth-order valence-corrected chi connectivity index (χ4v) is 2.33. The van der Waals surface area contributed by atoms with Crippen LogP contribution in [0.4, 0.5) is 5.69 Å². The van der Waals surface area contributed by atoms with E-state index in [1.54, 1.807) is 0 Å². The molecule has 0 saturated carbocycles. The number of benzene rings is 1. The Morgan fingerprint density at radius 3 is 2.44 bits per heavy atom. The second-order valence-corrected chi connectivity index (χ2v) is 4.53. The summed E-state index contributed by atoms with van der Waals surface area (Å²) in [6.45, 7) is 4.22. The highest BCUT2D eigenvalue weighted by molar-refractivity contribution is 5.60. The van der Waals surface area contributed by atoms with Gasteiger partial charge in [0.05, 0.1) is 11.3 Å². The van der Waals surface area contributed by atoms with E-state index in [0.29, 0.717) is 0 Å². The molecule has 0 atom stereocenters. The molecule has 1 fully saturated rings. The highest BCUT2D eigenvalue weighted by Crippen LogP contribution is 2.24. The van der Waals surface area contributed by atoms with Crippen molar-refractivity contribution in [1.29, 1.82) is 5.26 Å². The molecule has 0 aliphatic carbocycles. The van der Waals surface area contributed by atoms with Crippen LogP contribution in [0.2, 0.25) is 0 Å². The maximum Gasteiger partial charge on any atom is 0.101 e. The molecule has 0 unspecified atom stereocenters. The van der Waals surface area contributed by atoms with Crippen molar-refractivity contribution in [3.8, 4) is 6.07 Å². The van der Waals surface area contributed by atoms with Crippen molar-refractivity contribution in [2.75, 3.05) is 18.0 Å². The minimum absolute atomic E-state index is 0.821. The Balaban J connectivity index is 2.28. The lowest BCUT2D eigenvalue weighted by Crippen LogP contribution is -2.24. The van der Waals surface area contributed by atoms with E-state index in [-0.39, 0.29) is 0 Å². The Morgan fingerprint density at radius 1 is 1.12 bits per heavy atom. The van der Waals surface area contributed by atoms with Crippen LogP contribution in [0.1, 0.15) is 36.8 Å². The zero-order chi connectivity index (χ0) is 11.4. The number of rotatable bonds is 1. The molecule has 2 nitrogen and oxygen atoms in total. The molecule has 0 aromatic heterocycles. The fraction of sp³-hybridized carbons (Fsp3) is 0.500. The minimum atomic E-state index is 0.821. The van der Waals surface area contributed by atoms with Gasteiger partial charge in [-0.15, -0.1) is 0 Å². The van der Waals surface area contributed by atoms with Gasteiger partial charge < -0.3 is 4.90 Å². The molecule has 0 amide bonds. The average Bonchev–Trinajstić information content (AvgIpc) is 2.57. The van der Waals surface area contributed by atoms with Crippen molar-refractivity contribution < 1.29 is 0 Å². The molecular weight excluding hydrogens is 196 g/mol. The van der Waals surface area contributed by atoms with Crippen molar-refractivity contribution >= 4 is 5.69 Å². The lowest BCUT2D eigenvalue weighted by atomic mass is 10.1. The zero-order valence-corrected chi connectivity index (χ0v) is 9.87. The number of aryl methyl sites for hydroxylation is 1. The summed E-state index contributed by atoms with van der Waals surface area (Å²) in [5.74, 6) is 0. The quantitative estimate of drug-likeness (QED) is 0.717. The average molecular weight is 214 g/mol. The molecule has 1 aliphatic rings. The van der Waals surface area contributed by atoms with E-state index in [1.807, 2.05) is 13.0 Å². The molecule has 0 N–H and O–H groups in total. The summed E-state index contributed by atoms with van der Waals surface area (Å²) in [7, 11) is 0. The number of nitriles is 1. The molecule has 1 aromatic rings. The zero-order valence-electron chi connectivity index (χ0n) is 9.87. The fourth-order valence-electron chi connectivity index (χ4n) is 2.33. The molecule has 2 rings (SSSR count). The summed E-state index contributed by atoms with van der Waals surface area (Å²) >= 11 is 0. The second kappa shape index (κ2) is 5.03. The molecule has 1 aromatic carbocycles. The van der Waals surface area contributed by atoms with Gasteiger partial charge in [0, 0.05) is 13.1 Å². The first-order valence-electron chi connectivity index (χ1n) is 6.07. The number of hydrogen-bond acceptors (Lipinski definition) is 2. The first kappa shape index (κ1) is 11.0. The maximum atomic E-state index is 9.17. The highest BCUT2D eigenvalue weighted by Gasteiger charge is 2.13. The van der Waals surface area contributed by atoms with Crippen LogP contribution in [-0.4, -0.2) is 13.1 Å². The maximum absolute atomic E-state index is 9.17. The van der Waals surface area contributed by atoms with Gasteiger partial charge in [-0.1, -0.05) is 18.9 Å². The van der Waals surface area contributed by atoms with Crippen molar-refractivity contribution in [1.82, 2.24) is 0 Å². The van der Waals surface area contributed by atoms with Crippen molar-refractivity contribution in [3.05, 3.63) is 29.3 Å². The van der Waals surface area contributed by atoms with Crippen LogP contribution in [0.15, 0.2) is 18.2 Å². The van der Waals surface area contributed by atoms with Crippen LogP contribution in [-0.2, 0) is 0 Å². The third-order valence-corrected chi connectivity index (χ3v) is 3.22. The van der Waals surface area contributed by atoms with E-state index in [1.165, 1.54) is 25.7 Å². The van der Waals surface area contributed by atoms with Gasteiger partial charge in [0.25, 0.3) is 0 Å². The highest BCUT2D eigenvalue weighted by atomic mass is 15.1. The molecule has 2 heteroatoms. The second-order valence-electron chi connectivity index (χ2n) is 4.53. The Morgan fingerprint density at radius 2 is 1.81 bits per heavy atom. The molecule has 1 saturated heterocycles. The van der Waals surface area contributed by atoms with Crippen LogP contribution < -0.4 is 4.90 Å². The van der Waals surface area contributed by atoms with Gasteiger partial charge in [-0.3, -0.25) is 0 Å². The van der Waals surface area contributed by atoms with Crippen molar-refractivity contribution in [3.63, 3.8) is 0 Å². The van der Waals surface area contributed by atoms with Gasteiger partial charge in [0.1, 0.15) is 6.07 Å². The molecule has 84 valence electrons. The molecule has 16 heavy (non-hydrogen) atoms. The van der Waals surface area contributed by atoms with Crippen LogP contribution in [0.5, 0.6) is 0 Å². The van der Waals surface area contributed by atoms with Crippen molar-refractivity contribution in [2.24, 2.45) is 0 Å². The molecule has 1 aliphatic heterocycles. The van der Waals surface area contributed by atoms with E-state index in [4.69, 9.17) is 5.26 Å². The molecule has 1 heterocycles. The Hall–Kier alpha value is -1.49. The number of hydrogen-bond donors (Lipinski definition) is 0. The molecule has 0 radical (unpaired) electrons. The Kier molecular flexibility index (Phi) is 3.46. The predicted octanol–water partition coefficient (Wildman–Crippen LogP) is 3.25. The van der Waals surface area contributed by atoms with Gasteiger partial charge in [0.2, 0.25) is 0 Å². The number of nitrogens with zero attached hydrogens (tertiary/aromatic N) is 2. The minimum Gasteiger partial charge on any atom is -0.370 e. The summed E-state index contributed by atoms with van der Waals surface area (Å²) in [6.07, 6.45) is 5.14. The van der Waals surface area contributed by atoms with Crippen molar-refractivity contribution in [2.45, 2.75) is 32.6 Å². The SMILES string of the molecule is Cc1ccc(N2CCCCCC2)c(C#N)c1. The summed E-state index contributed by atoms with van der Waals surface area (Å²) in [5, 5.41) is 9.17. The summed E-state index contributed by atoms with van der Waals surface area (Å²) in [4.78, 5) is 2.37. The Bertz CT molecular complexity index is 396. The van der Waals surface area contributed by atoms with Crippen LogP contribution >= 0.6 is 0 Å². The Labute approximate surface area is 97.5 Å². The third-order valence-electron chi connectivity index (χ3n) is 3.22. The first-order chi connectivity index (χ1) is 7.81. The summed E-state index contributed by atoms with van der Waals surface area (Å²) in [5.41, 5.74) is 3.10. The third kappa shape index (κ3) is 2.36. The molecule has 0 spiro atoms. The summed E-state index contributed by atoms with van der Waals surface area (Å²) < 4.78 is 0. The lowest BCUT2D eigenvalue weighted by molar-refractivity contribution is 0.726. The number of anilines is 1. The van der Waals surface area contributed by atoms with Crippen LogP contribution in [0.3, 0.4) is 0 Å². The van der Waals surface area contributed by atoms with Gasteiger partial charge in [-0.05, 0) is 37.5 Å². The van der Waals surface area contributed by atoms with Crippen LogP contribution in [0.25, 0.3) is 0 Å². The van der Waals surface area contributed by atoms with E-state index in [2.05, 4.69) is 23.1 Å². The lowest BCUT2D eigenvalue weighted by Gasteiger charge is -2.23. The summed E-state index contributed by atoms with van der Waals surface area (Å²) in [6, 6.07) is 8.49. The van der Waals surface area contributed by atoms with Gasteiger partial charge in [0.15, 0.2) is 0 Å². The topological polar surface area (TPSA) is 27.0 Å². The van der Waals surface area contributed by atoms with E-state index in [9.17, 15) is 0 Å². The molecule has 0 bridgehead atoms. The standard InChI is InChI=1S/C14H18N2/c1-12-6-7-14(13(10-12)11-15)16-8-4-2-3-5-9-16/h6-7,10H,2-5,8-9H2,1H3. The van der Waals surface area contributed by atoms with E-state index >= 15 is 0 Å². The smallest absolute Gasteiger partial charge is 0.101 e. The monoisotopic (exact) mass is 214 g/mol. The van der Waals surface area contributed by atoms with Crippen LogP contribution in [0, 0.1) is 18.3 Å². The van der Waals surface area contributed by atoms with Gasteiger partial charge in [-0.25, -0.2) is 0 Å².